The number of rotatable bonds is 3. The van der Waals surface area contributed by atoms with E-state index in [1.54, 1.807) is 4.90 Å². The van der Waals surface area contributed by atoms with Gasteiger partial charge in [0.15, 0.2) is 12.5 Å². The fraction of sp³-hybridized carbons (Fsp3) is 0.842. The van der Waals surface area contributed by atoms with E-state index in [1.165, 1.54) is 56.3 Å². The van der Waals surface area contributed by atoms with E-state index in [9.17, 15) is 4.79 Å². The lowest BCUT2D eigenvalue weighted by Crippen LogP contribution is -3.15. The van der Waals surface area contributed by atoms with E-state index in [4.69, 9.17) is 0 Å². The van der Waals surface area contributed by atoms with Gasteiger partial charge < -0.3 is 9.80 Å². The maximum atomic E-state index is 12.7. The number of ketones is 1. The van der Waals surface area contributed by atoms with Crippen LogP contribution >= 0.6 is 0 Å². The van der Waals surface area contributed by atoms with Crippen LogP contribution in [0.15, 0.2) is 11.3 Å². The van der Waals surface area contributed by atoms with Crippen molar-refractivity contribution < 1.29 is 9.69 Å². The molecule has 1 fully saturated rings. The van der Waals surface area contributed by atoms with Crippen LogP contribution in [0.5, 0.6) is 0 Å². The van der Waals surface area contributed by atoms with Gasteiger partial charge >= 0.3 is 0 Å². The first-order valence-electron chi connectivity index (χ1n) is 9.35. The lowest BCUT2D eigenvalue weighted by atomic mass is 9.74. The summed E-state index contributed by atoms with van der Waals surface area (Å²) in [6.07, 6.45) is 9.82. The van der Waals surface area contributed by atoms with Gasteiger partial charge in [0.05, 0.1) is 12.1 Å². The molecular formula is C19H33N2O+. The van der Waals surface area contributed by atoms with Gasteiger partial charge in [-0.2, -0.15) is 0 Å². The summed E-state index contributed by atoms with van der Waals surface area (Å²) in [6, 6.07) is 0.688. The van der Waals surface area contributed by atoms with Crippen LogP contribution in [0.4, 0.5) is 0 Å². The summed E-state index contributed by atoms with van der Waals surface area (Å²) >= 11 is 0. The predicted octanol–water partition coefficient (Wildman–Crippen LogP) is 2.53. The number of nitrogens with zero attached hydrogens (tertiary/aromatic N) is 1. The molecule has 124 valence electrons. The van der Waals surface area contributed by atoms with Gasteiger partial charge in [0.25, 0.3) is 0 Å². The molecule has 0 bridgehead atoms. The maximum absolute atomic E-state index is 12.7. The summed E-state index contributed by atoms with van der Waals surface area (Å²) in [5.41, 5.74) is 2.75. The lowest BCUT2D eigenvalue weighted by molar-refractivity contribution is -0.908. The highest BCUT2D eigenvalue weighted by Crippen LogP contribution is 2.40. The van der Waals surface area contributed by atoms with Crippen molar-refractivity contribution in [2.75, 3.05) is 19.8 Å². The van der Waals surface area contributed by atoms with Crippen molar-refractivity contribution in [3.05, 3.63) is 11.3 Å². The van der Waals surface area contributed by atoms with Gasteiger partial charge in [0, 0.05) is 18.2 Å². The number of nitrogens with one attached hydrogen (secondary N) is 1. The summed E-state index contributed by atoms with van der Waals surface area (Å²) in [4.78, 5) is 17.0. The summed E-state index contributed by atoms with van der Waals surface area (Å²) in [6.45, 7) is 10.1. The highest BCUT2D eigenvalue weighted by atomic mass is 16.1. The number of quaternary nitrogens is 1. The number of hydrogen-bond acceptors (Lipinski definition) is 2. The van der Waals surface area contributed by atoms with Crippen molar-refractivity contribution in [3.63, 3.8) is 0 Å². The summed E-state index contributed by atoms with van der Waals surface area (Å²) in [5.74, 6) is 0.431. The van der Waals surface area contributed by atoms with Crippen molar-refractivity contribution in [3.8, 4) is 0 Å². The van der Waals surface area contributed by atoms with Gasteiger partial charge in [-0.3, -0.25) is 4.79 Å². The second-order valence-electron chi connectivity index (χ2n) is 8.46. The molecule has 1 saturated carbocycles. The molecule has 0 aromatic heterocycles. The SMILES string of the molecule is CCC[NH+]1CC2=C(CC(C)(C)CC2=O)N(C2CCCCC2)C1. The molecule has 1 N–H and O–H groups in total. The van der Waals surface area contributed by atoms with Gasteiger partial charge in [-0.1, -0.05) is 40.0 Å². The van der Waals surface area contributed by atoms with Gasteiger partial charge in [0.2, 0.25) is 0 Å². The molecular weight excluding hydrogens is 272 g/mol. The molecule has 3 nitrogen and oxygen atoms in total. The molecule has 0 aromatic carbocycles. The first-order chi connectivity index (χ1) is 10.5. The molecule has 0 saturated heterocycles. The van der Waals surface area contributed by atoms with Crippen LogP contribution < -0.4 is 4.90 Å². The Balaban J connectivity index is 1.90. The van der Waals surface area contributed by atoms with E-state index in [0.717, 1.165) is 26.1 Å². The van der Waals surface area contributed by atoms with Gasteiger partial charge in [-0.25, -0.2) is 0 Å². The highest BCUT2D eigenvalue weighted by molar-refractivity contribution is 5.97. The molecule has 0 spiro atoms. The normalized spacial score (nSPS) is 29.7. The Morgan fingerprint density at radius 3 is 2.59 bits per heavy atom. The van der Waals surface area contributed by atoms with Crippen molar-refractivity contribution in [2.45, 2.75) is 78.2 Å². The number of Topliss-reactive ketones (excluding diaryl/α,β-unsaturated/α-hetero) is 1. The Hall–Kier alpha value is -0.830. The molecule has 1 unspecified atom stereocenters. The van der Waals surface area contributed by atoms with E-state index in [1.807, 2.05) is 0 Å². The molecule has 1 atom stereocenters. The number of allylic oxidation sites excluding steroid dienone is 1. The van der Waals surface area contributed by atoms with E-state index in [0.29, 0.717) is 11.8 Å². The quantitative estimate of drug-likeness (QED) is 0.866. The molecule has 0 radical (unpaired) electrons. The summed E-state index contributed by atoms with van der Waals surface area (Å²) in [5, 5.41) is 0. The van der Waals surface area contributed by atoms with Crippen molar-refractivity contribution in [1.82, 2.24) is 4.90 Å². The van der Waals surface area contributed by atoms with Crippen LogP contribution in [0.25, 0.3) is 0 Å². The second kappa shape index (κ2) is 6.35. The van der Waals surface area contributed by atoms with E-state index in [-0.39, 0.29) is 5.41 Å². The molecule has 0 amide bonds. The summed E-state index contributed by atoms with van der Waals surface area (Å²) in [7, 11) is 0. The standard InChI is InChI=1S/C19H32N2O/c1-4-10-20-13-16-17(11-19(2,3)12-18(16)22)21(14-20)15-8-6-5-7-9-15/h15H,4-14H2,1-3H3/p+1. The Bertz CT molecular complexity index is 460. The van der Waals surface area contributed by atoms with Gasteiger partial charge in [-0.05, 0) is 31.1 Å². The molecule has 0 aromatic rings. The average molecular weight is 305 g/mol. The van der Waals surface area contributed by atoms with E-state index >= 15 is 0 Å². The van der Waals surface area contributed by atoms with Crippen LogP contribution in [0.3, 0.4) is 0 Å². The number of carbonyl (C=O) groups excluding carboxylic acids is 1. The van der Waals surface area contributed by atoms with Gasteiger partial charge in [-0.15, -0.1) is 0 Å². The Morgan fingerprint density at radius 2 is 1.91 bits per heavy atom. The number of carbonyl (C=O) groups is 1. The topological polar surface area (TPSA) is 24.8 Å². The molecule has 1 heterocycles. The van der Waals surface area contributed by atoms with E-state index in [2.05, 4.69) is 25.7 Å². The minimum absolute atomic E-state index is 0.144. The highest BCUT2D eigenvalue weighted by Gasteiger charge is 2.41. The van der Waals surface area contributed by atoms with Crippen LogP contribution in [0.1, 0.15) is 72.1 Å². The zero-order valence-corrected chi connectivity index (χ0v) is 14.7. The Kier molecular flexibility index (Phi) is 4.63. The van der Waals surface area contributed by atoms with Crippen LogP contribution in [0.2, 0.25) is 0 Å². The Morgan fingerprint density at radius 1 is 1.18 bits per heavy atom. The number of hydrogen-bond donors (Lipinski definition) is 1. The van der Waals surface area contributed by atoms with Crippen LogP contribution in [-0.2, 0) is 4.79 Å². The third-order valence-corrected chi connectivity index (χ3v) is 5.76. The lowest BCUT2D eigenvalue weighted by Gasteiger charge is -2.47. The van der Waals surface area contributed by atoms with Gasteiger partial charge in [0.1, 0.15) is 6.54 Å². The summed E-state index contributed by atoms with van der Waals surface area (Å²) < 4.78 is 0. The first-order valence-corrected chi connectivity index (χ1v) is 9.35. The van der Waals surface area contributed by atoms with Crippen LogP contribution in [0, 0.1) is 5.41 Å². The fourth-order valence-electron chi connectivity index (χ4n) is 4.71. The minimum atomic E-state index is 0.144. The second-order valence-corrected chi connectivity index (χ2v) is 8.46. The average Bonchev–Trinajstić information content (AvgIpc) is 2.48. The minimum Gasteiger partial charge on any atom is -0.325 e. The van der Waals surface area contributed by atoms with Crippen LogP contribution in [-0.4, -0.2) is 36.5 Å². The third-order valence-electron chi connectivity index (χ3n) is 5.76. The van der Waals surface area contributed by atoms with Crippen molar-refractivity contribution in [2.24, 2.45) is 5.41 Å². The molecule has 3 aliphatic rings. The maximum Gasteiger partial charge on any atom is 0.166 e. The predicted molar refractivity (Wildman–Crippen MR) is 89.6 cm³/mol. The smallest absolute Gasteiger partial charge is 0.166 e. The molecule has 3 rings (SSSR count). The molecule has 3 heteroatoms. The zero-order valence-electron chi connectivity index (χ0n) is 14.7. The molecule has 1 aliphatic heterocycles. The third kappa shape index (κ3) is 3.24. The zero-order chi connectivity index (χ0) is 15.7. The monoisotopic (exact) mass is 305 g/mol. The molecule has 22 heavy (non-hydrogen) atoms. The van der Waals surface area contributed by atoms with E-state index < -0.39 is 0 Å². The van der Waals surface area contributed by atoms with Crippen molar-refractivity contribution in [1.29, 1.82) is 0 Å². The largest absolute Gasteiger partial charge is 0.325 e. The molecule has 2 aliphatic carbocycles. The Labute approximate surface area is 135 Å². The fourth-order valence-corrected chi connectivity index (χ4v) is 4.71. The first kappa shape index (κ1) is 16.0. The van der Waals surface area contributed by atoms with Crippen molar-refractivity contribution >= 4 is 5.78 Å².